The van der Waals surface area contributed by atoms with Gasteiger partial charge in [-0.25, -0.2) is 0 Å². The van der Waals surface area contributed by atoms with Crippen LogP contribution in [0.5, 0.6) is 11.5 Å². The van der Waals surface area contributed by atoms with E-state index in [-0.39, 0.29) is 31.2 Å². The number of carbonyl (C=O) groups excluding carboxylic acids is 1. The highest BCUT2D eigenvalue weighted by atomic mass is 16.5. The van der Waals surface area contributed by atoms with Crippen molar-refractivity contribution in [1.82, 2.24) is 0 Å². The Kier molecular flexibility index (Phi) is 7.29. The summed E-state index contributed by atoms with van der Waals surface area (Å²) >= 11 is 0. The summed E-state index contributed by atoms with van der Waals surface area (Å²) in [5, 5.41) is 18.1. The SMILES string of the molecule is CCOc1ccc(N(CCC#N)C(=O)c2ccc(COc3ccccc3C#N)o2)cc1. The van der Waals surface area contributed by atoms with Gasteiger partial charge < -0.3 is 18.8 Å². The van der Waals surface area contributed by atoms with Crippen molar-refractivity contribution in [2.75, 3.05) is 18.1 Å². The molecule has 0 radical (unpaired) electrons. The van der Waals surface area contributed by atoms with Gasteiger partial charge in [-0.3, -0.25) is 4.79 Å². The largest absolute Gasteiger partial charge is 0.494 e. The second-order valence-electron chi connectivity index (χ2n) is 6.45. The molecule has 3 rings (SSSR count). The van der Waals surface area contributed by atoms with Gasteiger partial charge in [-0.05, 0) is 55.5 Å². The predicted molar refractivity (Wildman–Crippen MR) is 114 cm³/mol. The number of nitriles is 2. The molecule has 1 heterocycles. The number of nitrogens with zero attached hydrogens (tertiary/aromatic N) is 3. The third-order valence-corrected chi connectivity index (χ3v) is 4.40. The zero-order valence-corrected chi connectivity index (χ0v) is 17.1. The van der Waals surface area contributed by atoms with Gasteiger partial charge in [-0.15, -0.1) is 0 Å². The average Bonchev–Trinajstić information content (AvgIpc) is 3.28. The molecule has 1 amide bonds. The Morgan fingerprint density at radius 2 is 1.81 bits per heavy atom. The van der Waals surface area contributed by atoms with E-state index >= 15 is 0 Å². The number of carbonyl (C=O) groups is 1. The Labute approximate surface area is 180 Å². The van der Waals surface area contributed by atoms with E-state index in [0.717, 1.165) is 0 Å². The molecule has 156 valence electrons. The van der Waals surface area contributed by atoms with Gasteiger partial charge in [-0.2, -0.15) is 10.5 Å². The molecular weight excluding hydrogens is 394 g/mol. The molecule has 7 heteroatoms. The lowest BCUT2D eigenvalue weighted by molar-refractivity contribution is 0.0956. The number of hydrogen-bond acceptors (Lipinski definition) is 6. The summed E-state index contributed by atoms with van der Waals surface area (Å²) in [7, 11) is 0. The van der Waals surface area contributed by atoms with Gasteiger partial charge in [0.25, 0.3) is 5.91 Å². The van der Waals surface area contributed by atoms with Gasteiger partial charge in [0, 0.05) is 12.2 Å². The van der Waals surface area contributed by atoms with E-state index in [0.29, 0.717) is 35.1 Å². The summed E-state index contributed by atoms with van der Waals surface area (Å²) in [4.78, 5) is 14.6. The van der Waals surface area contributed by atoms with Gasteiger partial charge in [0.1, 0.15) is 29.9 Å². The smallest absolute Gasteiger partial charge is 0.294 e. The summed E-state index contributed by atoms with van der Waals surface area (Å²) in [5.41, 5.74) is 1.06. The van der Waals surface area contributed by atoms with Crippen molar-refractivity contribution in [3.8, 4) is 23.6 Å². The Morgan fingerprint density at radius 1 is 1.03 bits per heavy atom. The molecule has 0 bridgehead atoms. The molecule has 7 nitrogen and oxygen atoms in total. The van der Waals surface area contributed by atoms with Gasteiger partial charge >= 0.3 is 0 Å². The van der Waals surface area contributed by atoms with Crippen LogP contribution in [-0.2, 0) is 6.61 Å². The van der Waals surface area contributed by atoms with Crippen LogP contribution in [0.1, 0.15) is 35.2 Å². The fourth-order valence-electron chi connectivity index (χ4n) is 2.94. The van der Waals surface area contributed by atoms with Crippen LogP contribution < -0.4 is 14.4 Å². The molecule has 0 atom stereocenters. The first-order valence-corrected chi connectivity index (χ1v) is 9.78. The molecule has 0 saturated heterocycles. The zero-order valence-electron chi connectivity index (χ0n) is 17.1. The standard InChI is InChI=1S/C24H21N3O4/c1-2-29-20-10-8-19(9-11-20)27(15-5-14-25)24(28)23-13-12-21(31-23)17-30-22-7-4-3-6-18(22)16-26/h3-4,6-13H,2,5,15,17H2,1H3. The van der Waals surface area contributed by atoms with Crippen molar-refractivity contribution in [1.29, 1.82) is 10.5 Å². The fraction of sp³-hybridized carbons (Fsp3) is 0.208. The summed E-state index contributed by atoms with van der Waals surface area (Å²) in [6.07, 6.45) is 0.181. The number of amides is 1. The van der Waals surface area contributed by atoms with Crippen molar-refractivity contribution in [3.05, 3.63) is 77.7 Å². The van der Waals surface area contributed by atoms with Crippen molar-refractivity contribution < 1.29 is 18.7 Å². The summed E-state index contributed by atoms with van der Waals surface area (Å²) in [5.74, 6) is 1.37. The maximum Gasteiger partial charge on any atom is 0.294 e. The molecule has 0 fully saturated rings. The van der Waals surface area contributed by atoms with Crippen molar-refractivity contribution in [2.45, 2.75) is 20.0 Å². The summed E-state index contributed by atoms with van der Waals surface area (Å²) in [6.45, 7) is 2.75. The summed E-state index contributed by atoms with van der Waals surface area (Å²) in [6, 6.07) is 21.3. The number of furan rings is 1. The Bertz CT molecular complexity index is 1110. The van der Waals surface area contributed by atoms with Crippen LogP contribution in [0.15, 0.2) is 65.1 Å². The molecule has 0 saturated carbocycles. The predicted octanol–water partition coefficient (Wildman–Crippen LogP) is 4.69. The van der Waals surface area contributed by atoms with E-state index in [4.69, 9.17) is 24.4 Å². The average molecular weight is 415 g/mol. The monoisotopic (exact) mass is 415 g/mol. The Balaban J connectivity index is 1.74. The van der Waals surface area contributed by atoms with E-state index in [1.54, 1.807) is 60.7 Å². The van der Waals surface area contributed by atoms with Crippen LogP contribution in [0.2, 0.25) is 0 Å². The lowest BCUT2D eigenvalue weighted by atomic mass is 10.2. The second kappa shape index (κ2) is 10.5. The minimum absolute atomic E-state index is 0.0766. The highest BCUT2D eigenvalue weighted by molar-refractivity contribution is 6.04. The minimum atomic E-state index is -0.358. The quantitative estimate of drug-likeness (QED) is 0.503. The van der Waals surface area contributed by atoms with E-state index < -0.39 is 0 Å². The fourth-order valence-corrected chi connectivity index (χ4v) is 2.94. The second-order valence-corrected chi connectivity index (χ2v) is 6.45. The molecular formula is C24H21N3O4. The molecule has 3 aromatic rings. The van der Waals surface area contributed by atoms with E-state index in [1.165, 1.54) is 4.90 Å². The third kappa shape index (κ3) is 5.43. The molecule has 0 aliphatic heterocycles. The molecule has 0 aliphatic carbocycles. The van der Waals surface area contributed by atoms with Crippen molar-refractivity contribution >= 4 is 11.6 Å². The van der Waals surface area contributed by atoms with E-state index in [9.17, 15) is 4.79 Å². The van der Waals surface area contributed by atoms with E-state index in [1.807, 2.05) is 6.92 Å². The van der Waals surface area contributed by atoms with Gasteiger partial charge in [0.05, 0.1) is 24.7 Å². The first kappa shape index (κ1) is 21.5. The third-order valence-electron chi connectivity index (χ3n) is 4.40. The van der Waals surface area contributed by atoms with Crippen molar-refractivity contribution in [3.63, 3.8) is 0 Å². The molecule has 0 spiro atoms. The normalized spacial score (nSPS) is 10.0. The van der Waals surface area contributed by atoms with Crippen LogP contribution in [0.4, 0.5) is 5.69 Å². The Hall–Kier alpha value is -4.23. The number of anilines is 1. The van der Waals surface area contributed by atoms with Gasteiger partial charge in [0.2, 0.25) is 0 Å². The van der Waals surface area contributed by atoms with Crippen LogP contribution in [0.3, 0.4) is 0 Å². The Morgan fingerprint density at radius 3 is 2.52 bits per heavy atom. The van der Waals surface area contributed by atoms with Gasteiger partial charge in [0.15, 0.2) is 5.76 Å². The van der Waals surface area contributed by atoms with Crippen LogP contribution >= 0.6 is 0 Å². The van der Waals surface area contributed by atoms with Crippen molar-refractivity contribution in [2.24, 2.45) is 0 Å². The number of ether oxygens (including phenoxy) is 2. The number of benzene rings is 2. The highest BCUT2D eigenvalue weighted by Gasteiger charge is 2.21. The molecule has 0 unspecified atom stereocenters. The maximum absolute atomic E-state index is 13.1. The molecule has 2 aromatic carbocycles. The zero-order chi connectivity index (χ0) is 22.1. The van der Waals surface area contributed by atoms with Crippen LogP contribution in [-0.4, -0.2) is 19.1 Å². The lowest BCUT2D eigenvalue weighted by Gasteiger charge is -2.21. The molecule has 0 N–H and O–H groups in total. The maximum atomic E-state index is 13.1. The topological polar surface area (TPSA) is 99.5 Å². The number of para-hydroxylation sites is 1. The molecule has 1 aromatic heterocycles. The first-order valence-electron chi connectivity index (χ1n) is 9.78. The molecule has 0 aliphatic rings. The number of rotatable bonds is 9. The van der Waals surface area contributed by atoms with Gasteiger partial charge in [-0.1, -0.05) is 12.1 Å². The molecule has 31 heavy (non-hydrogen) atoms. The lowest BCUT2D eigenvalue weighted by Crippen LogP contribution is -2.31. The first-order chi connectivity index (χ1) is 15.2. The minimum Gasteiger partial charge on any atom is -0.494 e. The van der Waals surface area contributed by atoms with Crippen LogP contribution in [0.25, 0.3) is 0 Å². The highest BCUT2D eigenvalue weighted by Crippen LogP contribution is 2.23. The summed E-state index contributed by atoms with van der Waals surface area (Å²) < 4.78 is 16.8. The van der Waals surface area contributed by atoms with Crippen LogP contribution in [0, 0.1) is 22.7 Å². The number of hydrogen-bond donors (Lipinski definition) is 0. The van der Waals surface area contributed by atoms with E-state index in [2.05, 4.69) is 12.1 Å².